The first kappa shape index (κ1) is 11.5. The largest absolute Gasteiger partial charge is 0.323 e. The van der Waals surface area contributed by atoms with Gasteiger partial charge in [-0.15, -0.1) is 11.8 Å². The molecule has 2 heterocycles. The van der Waals surface area contributed by atoms with E-state index in [0.29, 0.717) is 5.56 Å². The van der Waals surface area contributed by atoms with Crippen molar-refractivity contribution in [3.05, 3.63) is 30.1 Å². The zero-order valence-corrected chi connectivity index (χ0v) is 10.5. The number of nitrogens with zero attached hydrogens (tertiary/aromatic N) is 2. The third-order valence-electron chi connectivity index (χ3n) is 3.11. The molecule has 86 valence electrons. The standard InChI is InChI=1S/C12H16N2OS/c1-3-12(2)14(7-8-16-12)11(15)10-5-4-6-13-9-10/h4-6,9H,3,7-8H2,1-2H3. The lowest BCUT2D eigenvalue weighted by Gasteiger charge is -2.33. The van der Waals surface area contributed by atoms with Crippen LogP contribution in [0.1, 0.15) is 30.6 Å². The lowest BCUT2D eigenvalue weighted by molar-refractivity contribution is 0.0687. The van der Waals surface area contributed by atoms with Gasteiger partial charge in [0.2, 0.25) is 0 Å². The van der Waals surface area contributed by atoms with E-state index in [9.17, 15) is 4.79 Å². The molecule has 16 heavy (non-hydrogen) atoms. The number of hydrogen-bond acceptors (Lipinski definition) is 3. The highest BCUT2D eigenvalue weighted by molar-refractivity contribution is 8.00. The fourth-order valence-corrected chi connectivity index (χ4v) is 3.17. The molecule has 1 atom stereocenters. The van der Waals surface area contributed by atoms with Gasteiger partial charge in [-0.05, 0) is 25.5 Å². The van der Waals surface area contributed by atoms with Crippen LogP contribution in [0.2, 0.25) is 0 Å². The molecule has 0 aliphatic carbocycles. The Hall–Kier alpha value is -1.03. The van der Waals surface area contributed by atoms with E-state index in [4.69, 9.17) is 0 Å². The van der Waals surface area contributed by atoms with Crippen molar-refractivity contribution < 1.29 is 4.79 Å². The molecule has 1 amide bonds. The number of carbonyl (C=O) groups excluding carboxylic acids is 1. The van der Waals surface area contributed by atoms with Crippen molar-refractivity contribution in [1.29, 1.82) is 0 Å². The number of thioether (sulfide) groups is 1. The van der Waals surface area contributed by atoms with Crippen LogP contribution in [0.3, 0.4) is 0 Å². The summed E-state index contributed by atoms with van der Waals surface area (Å²) >= 11 is 1.86. The summed E-state index contributed by atoms with van der Waals surface area (Å²) in [5, 5.41) is 0. The van der Waals surface area contributed by atoms with Crippen LogP contribution in [-0.4, -0.2) is 33.0 Å². The predicted molar refractivity (Wildman–Crippen MR) is 66.4 cm³/mol. The Kier molecular flexibility index (Phi) is 3.19. The number of rotatable bonds is 2. The van der Waals surface area contributed by atoms with Crippen LogP contribution >= 0.6 is 11.8 Å². The third kappa shape index (κ3) is 1.94. The van der Waals surface area contributed by atoms with E-state index >= 15 is 0 Å². The Balaban J connectivity index is 2.23. The molecule has 1 fully saturated rings. The smallest absolute Gasteiger partial charge is 0.256 e. The van der Waals surface area contributed by atoms with Gasteiger partial charge >= 0.3 is 0 Å². The van der Waals surface area contributed by atoms with Crippen molar-refractivity contribution in [3.8, 4) is 0 Å². The first-order valence-electron chi connectivity index (χ1n) is 5.53. The maximum Gasteiger partial charge on any atom is 0.256 e. The maximum absolute atomic E-state index is 12.3. The second-order valence-electron chi connectivity index (χ2n) is 4.08. The normalized spacial score (nSPS) is 24.8. The minimum atomic E-state index is -0.0487. The molecule has 0 saturated carbocycles. The Morgan fingerprint density at radius 1 is 1.69 bits per heavy atom. The summed E-state index contributed by atoms with van der Waals surface area (Å²) in [5.41, 5.74) is 0.685. The highest BCUT2D eigenvalue weighted by Gasteiger charge is 2.39. The molecule has 1 unspecified atom stereocenters. The second-order valence-corrected chi connectivity index (χ2v) is 5.65. The van der Waals surface area contributed by atoms with Crippen LogP contribution in [0.4, 0.5) is 0 Å². The lowest BCUT2D eigenvalue weighted by atomic mass is 10.1. The van der Waals surface area contributed by atoms with Crippen LogP contribution in [0.15, 0.2) is 24.5 Å². The fourth-order valence-electron chi connectivity index (χ4n) is 1.93. The van der Waals surface area contributed by atoms with Crippen molar-refractivity contribution in [2.24, 2.45) is 0 Å². The van der Waals surface area contributed by atoms with Gasteiger partial charge in [-0.3, -0.25) is 9.78 Å². The van der Waals surface area contributed by atoms with Crippen LogP contribution in [0, 0.1) is 0 Å². The number of carbonyl (C=O) groups is 1. The molecular formula is C12H16N2OS. The van der Waals surface area contributed by atoms with Crippen molar-refractivity contribution >= 4 is 17.7 Å². The van der Waals surface area contributed by atoms with Crippen molar-refractivity contribution in [1.82, 2.24) is 9.88 Å². The van der Waals surface area contributed by atoms with Gasteiger partial charge in [-0.1, -0.05) is 6.92 Å². The van der Waals surface area contributed by atoms with Crippen molar-refractivity contribution in [2.45, 2.75) is 25.1 Å². The summed E-state index contributed by atoms with van der Waals surface area (Å²) in [6.45, 7) is 5.10. The first-order valence-corrected chi connectivity index (χ1v) is 6.52. The molecule has 1 saturated heterocycles. The van der Waals surface area contributed by atoms with Crippen molar-refractivity contribution in [3.63, 3.8) is 0 Å². The second kappa shape index (κ2) is 4.45. The third-order valence-corrected chi connectivity index (χ3v) is 4.63. The van der Waals surface area contributed by atoms with Gasteiger partial charge in [0, 0.05) is 24.7 Å². The summed E-state index contributed by atoms with van der Waals surface area (Å²) in [5.74, 6) is 1.12. The molecule has 0 radical (unpaired) electrons. The summed E-state index contributed by atoms with van der Waals surface area (Å²) in [6, 6.07) is 3.63. The van der Waals surface area contributed by atoms with Crippen LogP contribution in [0.25, 0.3) is 0 Å². The highest BCUT2D eigenvalue weighted by atomic mass is 32.2. The van der Waals surface area contributed by atoms with Gasteiger partial charge in [0.1, 0.15) is 0 Å². The van der Waals surface area contributed by atoms with Crippen molar-refractivity contribution in [2.75, 3.05) is 12.3 Å². The van der Waals surface area contributed by atoms with E-state index in [1.165, 1.54) is 0 Å². The first-order chi connectivity index (χ1) is 7.67. The quantitative estimate of drug-likeness (QED) is 0.790. The number of amides is 1. The van der Waals surface area contributed by atoms with Gasteiger partial charge < -0.3 is 4.90 Å². The van der Waals surface area contributed by atoms with Gasteiger partial charge in [-0.25, -0.2) is 0 Å². The van der Waals surface area contributed by atoms with Crippen LogP contribution in [0.5, 0.6) is 0 Å². The van der Waals surface area contributed by atoms with E-state index in [-0.39, 0.29) is 10.8 Å². The summed E-state index contributed by atoms with van der Waals surface area (Å²) in [6.07, 6.45) is 4.31. The monoisotopic (exact) mass is 236 g/mol. The summed E-state index contributed by atoms with van der Waals surface area (Å²) in [7, 11) is 0. The Bertz CT molecular complexity index is 382. The molecule has 1 aliphatic rings. The van der Waals surface area contributed by atoms with E-state index in [2.05, 4.69) is 18.8 Å². The summed E-state index contributed by atoms with van der Waals surface area (Å²) < 4.78 is 0. The molecule has 0 spiro atoms. The number of pyridine rings is 1. The Morgan fingerprint density at radius 2 is 2.50 bits per heavy atom. The molecule has 0 N–H and O–H groups in total. The van der Waals surface area contributed by atoms with E-state index in [1.807, 2.05) is 22.7 Å². The minimum Gasteiger partial charge on any atom is -0.323 e. The Labute approximate surface area is 100 Å². The average molecular weight is 236 g/mol. The molecule has 1 aromatic heterocycles. The van der Waals surface area contributed by atoms with E-state index < -0.39 is 0 Å². The molecule has 1 aromatic rings. The summed E-state index contributed by atoms with van der Waals surface area (Å²) in [4.78, 5) is 18.2. The average Bonchev–Trinajstić information content (AvgIpc) is 2.72. The molecular weight excluding hydrogens is 220 g/mol. The molecule has 2 rings (SSSR count). The van der Waals surface area contributed by atoms with E-state index in [1.54, 1.807) is 18.5 Å². The zero-order valence-electron chi connectivity index (χ0n) is 9.64. The molecule has 4 heteroatoms. The zero-order chi connectivity index (χ0) is 11.6. The van der Waals surface area contributed by atoms with Gasteiger partial charge in [-0.2, -0.15) is 0 Å². The fraction of sp³-hybridized carbons (Fsp3) is 0.500. The van der Waals surface area contributed by atoms with E-state index in [0.717, 1.165) is 18.7 Å². The van der Waals surface area contributed by atoms with Gasteiger partial charge in [0.25, 0.3) is 5.91 Å². The van der Waals surface area contributed by atoms with Gasteiger partial charge in [0.05, 0.1) is 10.4 Å². The maximum atomic E-state index is 12.3. The number of aromatic nitrogens is 1. The molecule has 0 bridgehead atoms. The molecule has 3 nitrogen and oxygen atoms in total. The van der Waals surface area contributed by atoms with Crippen LogP contribution < -0.4 is 0 Å². The molecule has 0 aromatic carbocycles. The highest BCUT2D eigenvalue weighted by Crippen LogP contribution is 2.38. The predicted octanol–water partition coefficient (Wildman–Crippen LogP) is 2.40. The minimum absolute atomic E-state index is 0.0487. The molecule has 1 aliphatic heterocycles. The number of hydrogen-bond donors (Lipinski definition) is 0. The Morgan fingerprint density at radius 3 is 3.12 bits per heavy atom. The SMILES string of the molecule is CCC1(C)SCCN1C(=O)c1cccnc1. The lowest BCUT2D eigenvalue weighted by Crippen LogP contribution is -2.43. The van der Waals surface area contributed by atoms with Crippen LogP contribution in [-0.2, 0) is 0 Å². The topological polar surface area (TPSA) is 33.2 Å². The van der Waals surface area contributed by atoms with Gasteiger partial charge in [0.15, 0.2) is 0 Å².